The van der Waals surface area contributed by atoms with Gasteiger partial charge >= 0.3 is 12.1 Å². The highest BCUT2D eigenvalue weighted by molar-refractivity contribution is 6.05. The van der Waals surface area contributed by atoms with Crippen LogP contribution in [0.3, 0.4) is 0 Å². The van der Waals surface area contributed by atoms with Crippen LogP contribution in [0.5, 0.6) is 0 Å². The molecule has 1 amide bonds. The standard InChI is InChI=1S/C20H27N3O4/c1-20(2,3)27-19(25)23-10-8-22(9-11-23)14-6-7-15-16(18(24)26-5)13-21(4)17(15)12-14/h6-7,12-13H,8-11H2,1-5H3. The first kappa shape index (κ1) is 19.1. The molecule has 7 heteroatoms. The topological polar surface area (TPSA) is 64.0 Å². The Labute approximate surface area is 159 Å². The van der Waals surface area contributed by atoms with E-state index in [1.807, 2.05) is 44.5 Å². The van der Waals surface area contributed by atoms with Gasteiger partial charge in [-0.05, 0) is 39.0 Å². The van der Waals surface area contributed by atoms with Crippen LogP contribution in [0.2, 0.25) is 0 Å². The molecule has 146 valence electrons. The molecule has 2 heterocycles. The van der Waals surface area contributed by atoms with Gasteiger partial charge in [0.15, 0.2) is 0 Å². The Morgan fingerprint density at radius 2 is 1.74 bits per heavy atom. The number of benzene rings is 1. The number of rotatable bonds is 2. The minimum atomic E-state index is -0.483. The third-order valence-corrected chi connectivity index (χ3v) is 4.68. The van der Waals surface area contributed by atoms with Crippen molar-refractivity contribution in [3.63, 3.8) is 0 Å². The molecular formula is C20H27N3O4. The fraction of sp³-hybridized carbons (Fsp3) is 0.500. The SMILES string of the molecule is COC(=O)c1cn(C)c2cc(N3CCN(C(=O)OC(C)(C)C)CC3)ccc12. The van der Waals surface area contributed by atoms with Crippen molar-refractivity contribution >= 4 is 28.7 Å². The largest absolute Gasteiger partial charge is 0.465 e. The molecule has 7 nitrogen and oxygen atoms in total. The number of ether oxygens (including phenoxy) is 2. The molecule has 1 saturated heterocycles. The number of carbonyl (C=O) groups is 2. The van der Waals surface area contributed by atoms with Gasteiger partial charge in [0, 0.05) is 50.5 Å². The summed E-state index contributed by atoms with van der Waals surface area (Å²) in [7, 11) is 3.30. The maximum absolute atomic E-state index is 12.2. The number of anilines is 1. The lowest BCUT2D eigenvalue weighted by Gasteiger charge is -2.36. The number of nitrogens with zero attached hydrogens (tertiary/aromatic N) is 3. The summed E-state index contributed by atoms with van der Waals surface area (Å²) in [5, 5.41) is 0.875. The van der Waals surface area contributed by atoms with Crippen LogP contribution in [-0.2, 0) is 16.5 Å². The van der Waals surface area contributed by atoms with E-state index in [1.165, 1.54) is 7.11 Å². The van der Waals surface area contributed by atoms with Crippen molar-refractivity contribution < 1.29 is 19.1 Å². The molecule has 1 aliphatic rings. The monoisotopic (exact) mass is 373 g/mol. The molecule has 3 rings (SSSR count). The third-order valence-electron chi connectivity index (χ3n) is 4.68. The maximum atomic E-state index is 12.2. The van der Waals surface area contributed by atoms with Crippen LogP contribution in [-0.4, -0.2) is 60.4 Å². The first-order chi connectivity index (χ1) is 12.7. The highest BCUT2D eigenvalue weighted by Crippen LogP contribution is 2.27. The van der Waals surface area contributed by atoms with Gasteiger partial charge in [-0.1, -0.05) is 0 Å². The van der Waals surface area contributed by atoms with Gasteiger partial charge in [-0.3, -0.25) is 0 Å². The third kappa shape index (κ3) is 4.02. The van der Waals surface area contributed by atoms with E-state index in [0.717, 1.165) is 29.7 Å². The lowest BCUT2D eigenvalue weighted by molar-refractivity contribution is 0.0240. The first-order valence-corrected chi connectivity index (χ1v) is 9.10. The van der Waals surface area contributed by atoms with E-state index in [-0.39, 0.29) is 12.1 Å². The van der Waals surface area contributed by atoms with E-state index in [0.29, 0.717) is 18.7 Å². The summed E-state index contributed by atoms with van der Waals surface area (Å²) in [5.41, 5.74) is 2.13. The Hall–Kier alpha value is -2.70. The van der Waals surface area contributed by atoms with Crippen LogP contribution in [0.1, 0.15) is 31.1 Å². The zero-order chi connectivity index (χ0) is 19.8. The molecule has 0 N–H and O–H groups in total. The van der Waals surface area contributed by atoms with Gasteiger partial charge in [0.1, 0.15) is 5.60 Å². The summed E-state index contributed by atoms with van der Waals surface area (Å²) < 4.78 is 12.2. The number of fused-ring (bicyclic) bond motifs is 1. The molecular weight excluding hydrogens is 346 g/mol. The number of aryl methyl sites for hydroxylation is 1. The lowest BCUT2D eigenvalue weighted by atomic mass is 10.1. The molecule has 1 fully saturated rings. The highest BCUT2D eigenvalue weighted by Gasteiger charge is 2.26. The second kappa shape index (κ2) is 7.13. The van der Waals surface area contributed by atoms with E-state index in [9.17, 15) is 9.59 Å². The van der Waals surface area contributed by atoms with E-state index in [2.05, 4.69) is 11.0 Å². The fourth-order valence-corrected chi connectivity index (χ4v) is 3.32. The number of piperazine rings is 1. The Bertz CT molecular complexity index is 858. The molecule has 0 saturated carbocycles. The van der Waals surface area contributed by atoms with E-state index in [1.54, 1.807) is 11.1 Å². The molecule has 0 radical (unpaired) electrons. The van der Waals surface area contributed by atoms with Gasteiger partial charge < -0.3 is 23.8 Å². The lowest BCUT2D eigenvalue weighted by Crippen LogP contribution is -2.50. The zero-order valence-corrected chi connectivity index (χ0v) is 16.6. The predicted molar refractivity (Wildman–Crippen MR) is 104 cm³/mol. The average Bonchev–Trinajstić information content (AvgIpc) is 2.96. The molecule has 0 aliphatic carbocycles. The molecule has 27 heavy (non-hydrogen) atoms. The van der Waals surface area contributed by atoms with Crippen molar-refractivity contribution in [2.24, 2.45) is 7.05 Å². The van der Waals surface area contributed by atoms with Crippen molar-refractivity contribution in [2.45, 2.75) is 26.4 Å². The van der Waals surface area contributed by atoms with Crippen LogP contribution in [0.25, 0.3) is 10.9 Å². The first-order valence-electron chi connectivity index (χ1n) is 9.10. The number of hydrogen-bond donors (Lipinski definition) is 0. The second-order valence-electron chi connectivity index (χ2n) is 7.80. The molecule has 1 aromatic heterocycles. The quantitative estimate of drug-likeness (QED) is 0.757. The smallest absolute Gasteiger partial charge is 0.410 e. The van der Waals surface area contributed by atoms with Crippen molar-refractivity contribution in [3.05, 3.63) is 30.0 Å². The van der Waals surface area contributed by atoms with Gasteiger partial charge in [0.05, 0.1) is 18.2 Å². The van der Waals surface area contributed by atoms with E-state index < -0.39 is 5.60 Å². The van der Waals surface area contributed by atoms with Gasteiger partial charge in [0.25, 0.3) is 0 Å². The van der Waals surface area contributed by atoms with Crippen LogP contribution in [0, 0.1) is 0 Å². The van der Waals surface area contributed by atoms with E-state index >= 15 is 0 Å². The Kier molecular flexibility index (Phi) is 5.04. The van der Waals surface area contributed by atoms with Crippen LogP contribution in [0.15, 0.2) is 24.4 Å². The Morgan fingerprint density at radius 1 is 1.07 bits per heavy atom. The van der Waals surface area contributed by atoms with Crippen LogP contribution in [0.4, 0.5) is 10.5 Å². The summed E-state index contributed by atoms with van der Waals surface area (Å²) in [6.45, 7) is 8.33. The Balaban J connectivity index is 1.73. The number of aromatic nitrogens is 1. The molecule has 1 aliphatic heterocycles. The zero-order valence-electron chi connectivity index (χ0n) is 16.6. The van der Waals surface area contributed by atoms with Crippen LogP contribution < -0.4 is 4.90 Å². The number of carbonyl (C=O) groups excluding carboxylic acids is 2. The summed E-state index contributed by atoms with van der Waals surface area (Å²) in [6.07, 6.45) is 1.53. The van der Waals surface area contributed by atoms with Gasteiger partial charge in [-0.2, -0.15) is 0 Å². The minimum Gasteiger partial charge on any atom is -0.465 e. The number of methoxy groups -OCH3 is 1. The van der Waals surface area contributed by atoms with Crippen molar-refractivity contribution in [1.29, 1.82) is 0 Å². The average molecular weight is 373 g/mol. The van der Waals surface area contributed by atoms with Crippen LogP contribution >= 0.6 is 0 Å². The molecule has 1 aromatic carbocycles. The summed E-state index contributed by atoms with van der Waals surface area (Å²) in [6, 6.07) is 6.04. The number of hydrogen-bond acceptors (Lipinski definition) is 5. The van der Waals surface area contributed by atoms with Crippen molar-refractivity contribution in [2.75, 3.05) is 38.2 Å². The fourth-order valence-electron chi connectivity index (χ4n) is 3.32. The maximum Gasteiger partial charge on any atom is 0.410 e. The van der Waals surface area contributed by atoms with Crippen molar-refractivity contribution in [1.82, 2.24) is 9.47 Å². The predicted octanol–water partition coefficient (Wildman–Crippen LogP) is 3.02. The molecule has 0 atom stereocenters. The summed E-state index contributed by atoms with van der Waals surface area (Å²) in [4.78, 5) is 28.1. The number of esters is 1. The number of amides is 1. The molecule has 0 unspecified atom stereocenters. The molecule has 0 bridgehead atoms. The summed E-state index contributed by atoms with van der Waals surface area (Å²) in [5.74, 6) is -0.334. The van der Waals surface area contributed by atoms with Crippen molar-refractivity contribution in [3.8, 4) is 0 Å². The van der Waals surface area contributed by atoms with Gasteiger partial charge in [-0.25, -0.2) is 9.59 Å². The Morgan fingerprint density at radius 3 is 2.33 bits per heavy atom. The van der Waals surface area contributed by atoms with Gasteiger partial charge in [0.2, 0.25) is 0 Å². The molecule has 0 spiro atoms. The normalized spacial score (nSPS) is 15.1. The highest BCUT2D eigenvalue weighted by atomic mass is 16.6. The second-order valence-corrected chi connectivity index (χ2v) is 7.80. The minimum absolute atomic E-state index is 0.261. The van der Waals surface area contributed by atoms with E-state index in [4.69, 9.17) is 9.47 Å². The molecule has 2 aromatic rings. The summed E-state index contributed by atoms with van der Waals surface area (Å²) >= 11 is 0. The van der Waals surface area contributed by atoms with Gasteiger partial charge in [-0.15, -0.1) is 0 Å².